The minimum atomic E-state index is -1.13. The van der Waals surface area contributed by atoms with Crippen molar-refractivity contribution >= 4 is 51.9 Å². The Morgan fingerprint density at radius 1 is 1.07 bits per heavy atom. The summed E-state index contributed by atoms with van der Waals surface area (Å²) in [4.78, 5) is 48.1. The van der Waals surface area contributed by atoms with Gasteiger partial charge in [-0.1, -0.05) is 23.7 Å². The Morgan fingerprint density at radius 2 is 1.74 bits per heavy atom. The molecule has 1 fully saturated rings. The van der Waals surface area contributed by atoms with E-state index in [9.17, 15) is 19.5 Å². The van der Waals surface area contributed by atoms with E-state index in [1.807, 2.05) is 13.0 Å². The summed E-state index contributed by atoms with van der Waals surface area (Å²) in [7, 11) is 0. The second-order valence-corrected chi connectivity index (χ2v) is 12.1. The second-order valence-electron chi connectivity index (χ2n) is 11.6. The molecular weight excluding hydrogens is 616 g/mol. The van der Waals surface area contributed by atoms with Gasteiger partial charge in [-0.15, -0.1) is 0 Å². The molecule has 0 spiro atoms. The third-order valence-electron chi connectivity index (χ3n) is 7.03. The molecule has 3 aromatic rings. The van der Waals surface area contributed by atoms with Gasteiger partial charge in [0.15, 0.2) is 5.82 Å². The predicted molar refractivity (Wildman–Crippen MR) is 174 cm³/mol. The maximum atomic E-state index is 13.9. The minimum Gasteiger partial charge on any atom is -0.462 e. The molecule has 1 aliphatic heterocycles. The molecule has 1 saturated heterocycles. The lowest BCUT2D eigenvalue weighted by Crippen LogP contribution is -2.36. The molecule has 0 unspecified atom stereocenters. The molecular formula is C33H41ClN4O8. The Hall–Kier alpha value is -4.13. The van der Waals surface area contributed by atoms with Crippen LogP contribution in [0.25, 0.3) is 16.6 Å². The number of carbonyl (C=O) groups is 3. The highest BCUT2D eigenvalue weighted by atomic mass is 35.5. The monoisotopic (exact) mass is 656 g/mol. The third kappa shape index (κ3) is 8.17. The summed E-state index contributed by atoms with van der Waals surface area (Å²) in [5, 5.41) is 14.3. The van der Waals surface area contributed by atoms with Gasteiger partial charge in [-0.05, 0) is 76.9 Å². The summed E-state index contributed by atoms with van der Waals surface area (Å²) in [6.07, 6.45) is -1.94. The maximum absolute atomic E-state index is 13.9. The van der Waals surface area contributed by atoms with Crippen LogP contribution >= 0.6 is 11.6 Å². The van der Waals surface area contributed by atoms with Gasteiger partial charge >= 0.3 is 18.0 Å². The molecule has 46 heavy (non-hydrogen) atoms. The number of ether oxygens (including phenoxy) is 4. The number of carbonyl (C=O) groups excluding carboxylic acids is 3. The Labute approximate surface area is 273 Å². The zero-order chi connectivity index (χ0) is 33.6. The number of anilines is 1. The third-order valence-corrected chi connectivity index (χ3v) is 7.26. The van der Waals surface area contributed by atoms with Crippen molar-refractivity contribution in [3.05, 3.63) is 64.1 Å². The number of esters is 2. The summed E-state index contributed by atoms with van der Waals surface area (Å²) < 4.78 is 23.2. The van der Waals surface area contributed by atoms with E-state index in [0.29, 0.717) is 47.9 Å². The molecule has 0 bridgehead atoms. The van der Waals surface area contributed by atoms with Crippen LogP contribution in [0.1, 0.15) is 57.7 Å². The molecule has 4 rings (SSSR count). The topological polar surface area (TPSA) is 141 Å². The molecule has 0 saturated carbocycles. The smallest absolute Gasteiger partial charge is 0.420 e. The number of fused-ring (bicyclic) bond motifs is 1. The number of halogens is 1. The van der Waals surface area contributed by atoms with Crippen LogP contribution in [-0.2, 0) is 28.5 Å². The van der Waals surface area contributed by atoms with Crippen molar-refractivity contribution in [2.45, 2.75) is 53.2 Å². The number of aliphatic hydroxyl groups excluding tert-OH is 1. The molecule has 2 aromatic carbocycles. The van der Waals surface area contributed by atoms with E-state index in [0.717, 1.165) is 11.3 Å². The summed E-state index contributed by atoms with van der Waals surface area (Å²) in [6, 6.07) is 10.4. The van der Waals surface area contributed by atoms with Gasteiger partial charge in [-0.25, -0.2) is 23.9 Å². The van der Waals surface area contributed by atoms with Crippen molar-refractivity contribution in [1.29, 1.82) is 0 Å². The van der Waals surface area contributed by atoms with E-state index in [1.54, 1.807) is 65.0 Å². The normalized spacial score (nSPS) is 14.8. The molecule has 1 aromatic heterocycles. The lowest BCUT2D eigenvalue weighted by Gasteiger charge is -2.29. The molecule has 12 nitrogen and oxygen atoms in total. The van der Waals surface area contributed by atoms with E-state index in [2.05, 4.69) is 10.2 Å². The van der Waals surface area contributed by atoms with Gasteiger partial charge in [-0.2, -0.15) is 0 Å². The number of morpholine rings is 1. The van der Waals surface area contributed by atoms with Crippen LogP contribution in [0.4, 0.5) is 10.5 Å². The van der Waals surface area contributed by atoms with Crippen LogP contribution < -0.4 is 10.2 Å². The van der Waals surface area contributed by atoms with Crippen LogP contribution in [0.5, 0.6) is 0 Å². The highest BCUT2D eigenvalue weighted by molar-refractivity contribution is 6.30. The van der Waals surface area contributed by atoms with Crippen molar-refractivity contribution in [1.82, 2.24) is 14.9 Å². The molecule has 0 aliphatic carbocycles. The van der Waals surface area contributed by atoms with E-state index in [1.165, 1.54) is 4.57 Å². The molecule has 1 atom stereocenters. The molecule has 248 valence electrons. The molecule has 13 heteroatoms. The van der Waals surface area contributed by atoms with Crippen LogP contribution in [0.2, 0.25) is 5.02 Å². The van der Waals surface area contributed by atoms with Crippen LogP contribution in [0, 0.1) is 6.92 Å². The Balaban J connectivity index is 1.97. The van der Waals surface area contributed by atoms with Crippen molar-refractivity contribution in [2.24, 2.45) is 0 Å². The average Bonchev–Trinajstić information content (AvgIpc) is 3.38. The zero-order valence-corrected chi connectivity index (χ0v) is 27.8. The van der Waals surface area contributed by atoms with Gasteiger partial charge in [0.05, 0.1) is 43.6 Å². The Morgan fingerprint density at radius 3 is 2.37 bits per heavy atom. The minimum absolute atomic E-state index is 0.0124. The van der Waals surface area contributed by atoms with Crippen LogP contribution in [0.3, 0.4) is 0 Å². The van der Waals surface area contributed by atoms with Crippen LogP contribution in [-0.4, -0.2) is 84.4 Å². The second kappa shape index (κ2) is 15.0. The Kier molecular flexibility index (Phi) is 11.3. The lowest BCUT2D eigenvalue weighted by atomic mass is 10.1. The first-order valence-corrected chi connectivity index (χ1v) is 15.6. The number of rotatable bonds is 10. The van der Waals surface area contributed by atoms with Gasteiger partial charge in [-0.3, -0.25) is 0 Å². The van der Waals surface area contributed by atoms with E-state index < -0.39 is 29.7 Å². The van der Waals surface area contributed by atoms with Gasteiger partial charge in [0.25, 0.3) is 0 Å². The molecule has 2 heterocycles. The van der Waals surface area contributed by atoms with Crippen molar-refractivity contribution in [2.75, 3.05) is 51.0 Å². The summed E-state index contributed by atoms with van der Waals surface area (Å²) in [5.41, 5.74) is 1.23. The number of benzene rings is 2. The average molecular weight is 657 g/mol. The number of hydrogen-bond donors (Lipinski definition) is 2. The number of aryl methyl sites for hydroxylation is 1. The van der Waals surface area contributed by atoms with Crippen molar-refractivity contribution < 1.29 is 38.4 Å². The summed E-state index contributed by atoms with van der Waals surface area (Å²) in [6.45, 7) is 12.4. The van der Waals surface area contributed by atoms with E-state index in [-0.39, 0.29) is 36.9 Å². The molecule has 1 aliphatic rings. The number of imidazole rings is 1. The quantitative estimate of drug-likeness (QED) is 0.177. The number of nitrogens with zero attached hydrogens (tertiary/aromatic N) is 3. The SMILES string of the molecule is CCOC(=O)/C(NC[C@@H](O)c1cccc(Cl)c1)=C(\C(=O)OCC)c1nc2c(C)cc(N3CCOCC3)cc2n1C(=O)OC(C)(C)C. The van der Waals surface area contributed by atoms with Gasteiger partial charge < -0.3 is 34.3 Å². The number of nitrogens with one attached hydrogen (secondary N) is 1. The first-order valence-electron chi connectivity index (χ1n) is 15.2. The fraction of sp³-hybridized carbons (Fsp3) is 0.455. The van der Waals surface area contributed by atoms with E-state index in [4.69, 9.17) is 35.5 Å². The first-order chi connectivity index (χ1) is 21.8. The van der Waals surface area contributed by atoms with Crippen molar-refractivity contribution in [3.8, 4) is 0 Å². The zero-order valence-electron chi connectivity index (χ0n) is 27.0. The fourth-order valence-electron chi connectivity index (χ4n) is 5.00. The largest absolute Gasteiger partial charge is 0.462 e. The van der Waals surface area contributed by atoms with Gasteiger partial charge in [0.2, 0.25) is 0 Å². The molecule has 0 amide bonds. The van der Waals surface area contributed by atoms with E-state index >= 15 is 0 Å². The highest BCUT2D eigenvalue weighted by Gasteiger charge is 2.34. The maximum Gasteiger partial charge on any atom is 0.420 e. The number of aromatic nitrogens is 2. The fourth-order valence-corrected chi connectivity index (χ4v) is 5.20. The predicted octanol–water partition coefficient (Wildman–Crippen LogP) is 4.78. The number of aliphatic hydroxyl groups is 1. The van der Waals surface area contributed by atoms with Gasteiger partial charge in [0.1, 0.15) is 16.9 Å². The van der Waals surface area contributed by atoms with Crippen molar-refractivity contribution in [3.63, 3.8) is 0 Å². The van der Waals surface area contributed by atoms with Crippen LogP contribution in [0.15, 0.2) is 42.1 Å². The molecule has 0 radical (unpaired) electrons. The number of hydrogen-bond acceptors (Lipinski definition) is 11. The van der Waals surface area contributed by atoms with Gasteiger partial charge in [0, 0.05) is 30.3 Å². The first kappa shape index (κ1) is 34.7. The molecule has 2 N–H and O–H groups in total. The lowest BCUT2D eigenvalue weighted by molar-refractivity contribution is -0.140. The standard InChI is InChI=1S/C33H41ClN4O8/c1-7-44-30(40)26(28(31(41)45-8-2)35-19-25(39)21-10-9-11-22(34)17-21)29-36-27-20(3)16-23(37-12-14-43-15-13-37)18-24(27)38(29)32(42)46-33(4,5)6/h9-11,16-18,25,35,39H,7-8,12-15,19H2,1-6H3/b28-26+/t25-/m1/s1. The summed E-state index contributed by atoms with van der Waals surface area (Å²) >= 11 is 6.11. The summed E-state index contributed by atoms with van der Waals surface area (Å²) in [5.74, 6) is -2.02. The highest BCUT2D eigenvalue weighted by Crippen LogP contribution is 2.32. The Bertz CT molecular complexity index is 1620.